The van der Waals surface area contributed by atoms with Crippen LogP contribution >= 0.6 is 11.6 Å². The predicted molar refractivity (Wildman–Crippen MR) is 87.3 cm³/mol. The molecule has 1 aliphatic rings. The van der Waals surface area contributed by atoms with E-state index in [9.17, 15) is 9.18 Å². The van der Waals surface area contributed by atoms with Gasteiger partial charge in [0.2, 0.25) is 5.91 Å². The Hall–Kier alpha value is -1.13. The molecule has 5 heteroatoms. The molecule has 1 saturated heterocycles. The number of benzene rings is 1. The minimum Gasteiger partial charge on any atom is -0.342 e. The highest BCUT2D eigenvalue weighted by Crippen LogP contribution is 2.22. The van der Waals surface area contributed by atoms with Crippen LogP contribution in [0, 0.1) is 11.7 Å². The molecule has 2 rings (SSSR count). The molecule has 0 aliphatic carbocycles. The van der Waals surface area contributed by atoms with Crippen molar-refractivity contribution >= 4 is 17.5 Å². The molecule has 0 radical (unpaired) electrons. The van der Waals surface area contributed by atoms with Crippen molar-refractivity contribution in [1.29, 1.82) is 0 Å². The summed E-state index contributed by atoms with van der Waals surface area (Å²) in [6, 6.07) is 5.28. The van der Waals surface area contributed by atoms with E-state index in [0.29, 0.717) is 24.9 Å². The Morgan fingerprint density at radius 2 is 2.23 bits per heavy atom. The maximum atomic E-state index is 13.5. The van der Waals surface area contributed by atoms with Gasteiger partial charge in [-0.05, 0) is 30.0 Å². The van der Waals surface area contributed by atoms with Gasteiger partial charge in [-0.2, -0.15) is 0 Å². The smallest absolute Gasteiger partial charge is 0.222 e. The highest BCUT2D eigenvalue weighted by atomic mass is 35.5. The number of nitrogens with zero attached hydrogens (tertiary/aromatic N) is 1. The van der Waals surface area contributed by atoms with Crippen LogP contribution in [0.1, 0.15) is 38.7 Å². The molecule has 1 heterocycles. The van der Waals surface area contributed by atoms with Crippen LogP contribution in [0.25, 0.3) is 0 Å². The first-order valence-corrected chi connectivity index (χ1v) is 8.38. The van der Waals surface area contributed by atoms with Crippen LogP contribution in [0.4, 0.5) is 4.39 Å². The third-order valence-electron chi connectivity index (χ3n) is 4.47. The van der Waals surface area contributed by atoms with Crippen LogP contribution in [0.2, 0.25) is 5.02 Å². The normalized spacial score (nSPS) is 21.9. The van der Waals surface area contributed by atoms with Gasteiger partial charge in [-0.1, -0.05) is 37.9 Å². The number of hydrogen-bond donors (Lipinski definition) is 1. The van der Waals surface area contributed by atoms with Gasteiger partial charge in [-0.3, -0.25) is 4.79 Å². The Bertz CT molecular complexity index is 523. The summed E-state index contributed by atoms with van der Waals surface area (Å²) in [5.41, 5.74) is 0.892. The van der Waals surface area contributed by atoms with Crippen molar-refractivity contribution in [3.63, 3.8) is 0 Å². The van der Waals surface area contributed by atoms with E-state index in [1.54, 1.807) is 6.07 Å². The first kappa shape index (κ1) is 17.2. The number of nitrogens with one attached hydrogen (secondary N) is 1. The molecule has 1 amide bonds. The quantitative estimate of drug-likeness (QED) is 0.896. The molecule has 0 bridgehead atoms. The molecule has 1 fully saturated rings. The molecule has 2 atom stereocenters. The molecule has 22 heavy (non-hydrogen) atoms. The second-order valence-corrected chi connectivity index (χ2v) is 6.29. The molecular formula is C17H24ClFN2O. The maximum Gasteiger partial charge on any atom is 0.222 e. The number of halogens is 2. The summed E-state index contributed by atoms with van der Waals surface area (Å²) in [7, 11) is 0. The molecule has 1 aromatic rings. The first-order valence-electron chi connectivity index (χ1n) is 8.00. The van der Waals surface area contributed by atoms with Crippen molar-refractivity contribution < 1.29 is 9.18 Å². The fraction of sp³-hybridized carbons (Fsp3) is 0.588. The van der Waals surface area contributed by atoms with Gasteiger partial charge in [0.1, 0.15) is 5.82 Å². The third-order valence-corrected chi connectivity index (χ3v) is 4.77. The number of carbonyl (C=O) groups excluding carboxylic acids is 1. The van der Waals surface area contributed by atoms with Crippen molar-refractivity contribution in [1.82, 2.24) is 10.2 Å². The van der Waals surface area contributed by atoms with Gasteiger partial charge in [-0.25, -0.2) is 4.39 Å². The van der Waals surface area contributed by atoms with Crippen LogP contribution in [0.3, 0.4) is 0 Å². The largest absolute Gasteiger partial charge is 0.342 e. The summed E-state index contributed by atoms with van der Waals surface area (Å²) in [4.78, 5) is 13.8. The average molecular weight is 327 g/mol. The lowest BCUT2D eigenvalue weighted by atomic mass is 9.89. The number of carbonyl (C=O) groups is 1. The van der Waals surface area contributed by atoms with Crippen LogP contribution in [-0.4, -0.2) is 29.9 Å². The number of likely N-dealkylation sites (tertiary alicyclic amines) is 1. The predicted octanol–water partition coefficient (Wildman–Crippen LogP) is 3.61. The fourth-order valence-corrected chi connectivity index (χ4v) is 3.18. The van der Waals surface area contributed by atoms with Crippen LogP contribution in [0.15, 0.2) is 18.2 Å². The van der Waals surface area contributed by atoms with E-state index in [0.717, 1.165) is 31.5 Å². The van der Waals surface area contributed by atoms with Crippen molar-refractivity contribution in [2.75, 3.05) is 13.1 Å². The summed E-state index contributed by atoms with van der Waals surface area (Å²) >= 11 is 5.70. The molecule has 1 N–H and O–H groups in total. The van der Waals surface area contributed by atoms with Crippen LogP contribution in [-0.2, 0) is 11.3 Å². The lowest BCUT2D eigenvalue weighted by molar-refractivity contribution is -0.133. The lowest BCUT2D eigenvalue weighted by Crippen LogP contribution is -2.50. The van der Waals surface area contributed by atoms with E-state index in [1.165, 1.54) is 6.07 Å². The van der Waals surface area contributed by atoms with Gasteiger partial charge >= 0.3 is 0 Å². The molecule has 0 saturated carbocycles. The van der Waals surface area contributed by atoms with E-state index in [2.05, 4.69) is 12.2 Å². The summed E-state index contributed by atoms with van der Waals surface area (Å²) in [5, 5.41) is 3.67. The Morgan fingerprint density at radius 3 is 2.86 bits per heavy atom. The van der Waals surface area contributed by atoms with E-state index >= 15 is 0 Å². The lowest BCUT2D eigenvalue weighted by Gasteiger charge is -2.38. The fourth-order valence-electron chi connectivity index (χ4n) is 3.06. The minimum atomic E-state index is -0.378. The summed E-state index contributed by atoms with van der Waals surface area (Å²) in [5.74, 6) is 0.300. The van der Waals surface area contributed by atoms with Gasteiger partial charge in [0.05, 0.1) is 5.02 Å². The van der Waals surface area contributed by atoms with E-state index in [4.69, 9.17) is 11.6 Å². The third kappa shape index (κ3) is 4.20. The highest BCUT2D eigenvalue weighted by Gasteiger charge is 2.29. The number of rotatable bonds is 5. The topological polar surface area (TPSA) is 32.3 Å². The molecule has 122 valence electrons. The number of piperidine rings is 1. The highest BCUT2D eigenvalue weighted by molar-refractivity contribution is 6.30. The summed E-state index contributed by atoms with van der Waals surface area (Å²) in [6.07, 6.45) is 2.54. The van der Waals surface area contributed by atoms with Crippen molar-refractivity contribution in [2.24, 2.45) is 5.92 Å². The Labute approximate surface area is 136 Å². The minimum absolute atomic E-state index is 0.154. The zero-order valence-electron chi connectivity index (χ0n) is 13.2. The average Bonchev–Trinajstić information content (AvgIpc) is 2.55. The SMILES string of the molecule is CCC(=O)N1CCC(NCc2ccc(Cl)c(F)c2)C(CC)C1. The second-order valence-electron chi connectivity index (χ2n) is 5.89. The Morgan fingerprint density at radius 1 is 1.45 bits per heavy atom. The van der Waals surface area contributed by atoms with Gasteiger partial charge in [-0.15, -0.1) is 0 Å². The molecule has 1 aromatic carbocycles. The molecular weight excluding hydrogens is 303 g/mol. The zero-order chi connectivity index (χ0) is 16.1. The van der Waals surface area contributed by atoms with Crippen LogP contribution < -0.4 is 5.32 Å². The zero-order valence-corrected chi connectivity index (χ0v) is 14.0. The Balaban J connectivity index is 1.92. The Kier molecular flexibility index (Phi) is 6.21. The maximum absolute atomic E-state index is 13.5. The van der Waals surface area contributed by atoms with Gasteiger partial charge < -0.3 is 10.2 Å². The molecule has 0 aromatic heterocycles. The summed E-state index contributed by atoms with van der Waals surface area (Å²) in [6.45, 7) is 6.30. The van der Waals surface area contributed by atoms with Crippen LogP contribution in [0.5, 0.6) is 0 Å². The van der Waals surface area contributed by atoms with E-state index in [1.807, 2.05) is 17.9 Å². The second kappa shape index (κ2) is 7.93. The van der Waals surface area contributed by atoms with Crippen molar-refractivity contribution in [3.8, 4) is 0 Å². The standard InChI is InChI=1S/C17H24ClFN2O/c1-3-13-11-21(17(22)4-2)8-7-16(13)20-10-12-5-6-14(18)15(19)9-12/h5-6,9,13,16,20H,3-4,7-8,10-11H2,1-2H3. The molecule has 3 nitrogen and oxygen atoms in total. The van der Waals surface area contributed by atoms with E-state index < -0.39 is 0 Å². The van der Waals surface area contributed by atoms with Crippen molar-refractivity contribution in [3.05, 3.63) is 34.6 Å². The van der Waals surface area contributed by atoms with Crippen molar-refractivity contribution in [2.45, 2.75) is 45.7 Å². The number of amides is 1. The summed E-state index contributed by atoms with van der Waals surface area (Å²) < 4.78 is 13.5. The monoisotopic (exact) mass is 326 g/mol. The van der Waals surface area contributed by atoms with Gasteiger partial charge in [0.25, 0.3) is 0 Å². The first-order chi connectivity index (χ1) is 10.5. The van der Waals surface area contributed by atoms with E-state index in [-0.39, 0.29) is 16.7 Å². The van der Waals surface area contributed by atoms with Gasteiger partial charge in [0, 0.05) is 32.1 Å². The molecule has 2 unspecified atom stereocenters. The molecule has 0 spiro atoms. The number of hydrogen-bond acceptors (Lipinski definition) is 2. The van der Waals surface area contributed by atoms with Gasteiger partial charge in [0.15, 0.2) is 0 Å². The molecule has 1 aliphatic heterocycles.